The SMILES string of the molecule is CC(O)C(=O)NCC1(O)CCC1. The van der Waals surface area contributed by atoms with Gasteiger partial charge in [0.15, 0.2) is 0 Å². The highest BCUT2D eigenvalue weighted by atomic mass is 16.3. The van der Waals surface area contributed by atoms with Crippen molar-refractivity contribution in [1.82, 2.24) is 5.32 Å². The summed E-state index contributed by atoms with van der Waals surface area (Å²) in [5, 5.41) is 20.8. The molecule has 0 saturated heterocycles. The third-order valence-electron chi connectivity index (χ3n) is 2.26. The molecule has 0 bridgehead atoms. The van der Waals surface area contributed by atoms with Crippen LogP contribution in [0.3, 0.4) is 0 Å². The minimum atomic E-state index is -0.992. The molecule has 4 heteroatoms. The summed E-state index contributed by atoms with van der Waals surface area (Å²) in [4.78, 5) is 10.9. The predicted molar refractivity (Wildman–Crippen MR) is 43.5 cm³/mol. The van der Waals surface area contributed by atoms with Gasteiger partial charge >= 0.3 is 0 Å². The Bertz CT molecular complexity index is 175. The second kappa shape index (κ2) is 3.41. The normalized spacial score (nSPS) is 22.6. The number of aliphatic hydroxyl groups excluding tert-OH is 1. The first-order valence-corrected chi connectivity index (χ1v) is 4.22. The van der Waals surface area contributed by atoms with Crippen molar-refractivity contribution in [1.29, 1.82) is 0 Å². The van der Waals surface area contributed by atoms with Crippen LogP contribution in [0.2, 0.25) is 0 Å². The van der Waals surface area contributed by atoms with Crippen LogP contribution < -0.4 is 5.32 Å². The summed E-state index contributed by atoms with van der Waals surface area (Å²) in [7, 11) is 0. The molecule has 4 nitrogen and oxygen atoms in total. The molecule has 0 aromatic carbocycles. The van der Waals surface area contributed by atoms with Crippen LogP contribution in [-0.2, 0) is 4.79 Å². The first-order chi connectivity index (χ1) is 5.53. The average Bonchev–Trinajstić information content (AvgIpc) is 1.96. The molecule has 1 amide bonds. The monoisotopic (exact) mass is 173 g/mol. The molecule has 0 spiro atoms. The molecule has 70 valence electrons. The smallest absolute Gasteiger partial charge is 0.248 e. The van der Waals surface area contributed by atoms with Crippen LogP contribution in [0.4, 0.5) is 0 Å². The molecule has 0 aromatic heterocycles. The third-order valence-corrected chi connectivity index (χ3v) is 2.26. The van der Waals surface area contributed by atoms with E-state index in [-0.39, 0.29) is 6.54 Å². The number of rotatable bonds is 3. The fraction of sp³-hybridized carbons (Fsp3) is 0.875. The number of amides is 1. The van der Waals surface area contributed by atoms with Crippen LogP contribution in [0.25, 0.3) is 0 Å². The Morgan fingerprint density at radius 1 is 1.67 bits per heavy atom. The molecule has 0 heterocycles. The van der Waals surface area contributed by atoms with Crippen LogP contribution in [0.5, 0.6) is 0 Å². The van der Waals surface area contributed by atoms with Gasteiger partial charge in [0.25, 0.3) is 0 Å². The molecule has 1 aliphatic carbocycles. The van der Waals surface area contributed by atoms with Gasteiger partial charge in [0, 0.05) is 6.54 Å². The minimum absolute atomic E-state index is 0.261. The van der Waals surface area contributed by atoms with Gasteiger partial charge in [0.05, 0.1) is 5.60 Å². The molecular formula is C8H15NO3. The first kappa shape index (κ1) is 9.48. The molecule has 1 atom stereocenters. The van der Waals surface area contributed by atoms with Gasteiger partial charge in [0.1, 0.15) is 6.10 Å². The fourth-order valence-electron chi connectivity index (χ4n) is 1.16. The van der Waals surface area contributed by atoms with Crippen molar-refractivity contribution in [3.05, 3.63) is 0 Å². The van der Waals surface area contributed by atoms with Gasteiger partial charge in [-0.2, -0.15) is 0 Å². The van der Waals surface area contributed by atoms with E-state index in [2.05, 4.69) is 5.32 Å². The standard InChI is InChI=1S/C8H15NO3/c1-6(10)7(11)9-5-8(12)3-2-4-8/h6,10,12H,2-5H2,1H3,(H,9,11). The van der Waals surface area contributed by atoms with Crippen molar-refractivity contribution >= 4 is 5.91 Å². The molecule has 12 heavy (non-hydrogen) atoms. The summed E-state index contributed by atoms with van der Waals surface area (Å²) in [6, 6.07) is 0. The Morgan fingerprint density at radius 2 is 2.25 bits per heavy atom. The fourth-order valence-corrected chi connectivity index (χ4v) is 1.16. The quantitative estimate of drug-likeness (QED) is 0.533. The molecule has 0 aliphatic heterocycles. The summed E-state index contributed by atoms with van der Waals surface area (Å²) in [6.45, 7) is 1.66. The molecule has 3 N–H and O–H groups in total. The zero-order valence-corrected chi connectivity index (χ0v) is 7.21. The Balaban J connectivity index is 2.21. The van der Waals surface area contributed by atoms with E-state index in [0.29, 0.717) is 0 Å². The van der Waals surface area contributed by atoms with Gasteiger partial charge in [0.2, 0.25) is 5.91 Å². The molecular weight excluding hydrogens is 158 g/mol. The Hall–Kier alpha value is -0.610. The molecule has 0 aromatic rings. The summed E-state index contributed by atoms with van der Waals surface area (Å²) in [5.41, 5.74) is -0.704. The maximum atomic E-state index is 10.9. The van der Waals surface area contributed by atoms with E-state index in [1.165, 1.54) is 6.92 Å². The third kappa shape index (κ3) is 2.19. The van der Waals surface area contributed by atoms with Gasteiger partial charge in [-0.25, -0.2) is 0 Å². The highest BCUT2D eigenvalue weighted by molar-refractivity contribution is 5.80. The van der Waals surface area contributed by atoms with Gasteiger partial charge < -0.3 is 15.5 Å². The van der Waals surface area contributed by atoms with Crippen molar-refractivity contribution in [2.75, 3.05) is 6.54 Å². The molecule has 1 aliphatic rings. The molecule has 0 radical (unpaired) electrons. The lowest BCUT2D eigenvalue weighted by Crippen LogP contribution is -2.49. The van der Waals surface area contributed by atoms with Crippen LogP contribution >= 0.6 is 0 Å². The number of hydrogen-bond acceptors (Lipinski definition) is 3. The number of aliphatic hydroxyl groups is 2. The van der Waals surface area contributed by atoms with Gasteiger partial charge in [-0.1, -0.05) is 0 Å². The van der Waals surface area contributed by atoms with Crippen LogP contribution in [0.15, 0.2) is 0 Å². The van der Waals surface area contributed by atoms with E-state index in [9.17, 15) is 9.90 Å². The van der Waals surface area contributed by atoms with E-state index in [4.69, 9.17) is 5.11 Å². The van der Waals surface area contributed by atoms with Crippen LogP contribution in [0.1, 0.15) is 26.2 Å². The second-order valence-electron chi connectivity index (χ2n) is 3.47. The lowest BCUT2D eigenvalue weighted by atomic mass is 9.80. The number of nitrogens with one attached hydrogen (secondary N) is 1. The minimum Gasteiger partial charge on any atom is -0.388 e. The van der Waals surface area contributed by atoms with Crippen molar-refractivity contribution in [2.45, 2.75) is 37.9 Å². The van der Waals surface area contributed by atoms with Crippen molar-refractivity contribution in [3.8, 4) is 0 Å². The van der Waals surface area contributed by atoms with E-state index >= 15 is 0 Å². The van der Waals surface area contributed by atoms with Crippen LogP contribution in [0, 0.1) is 0 Å². The molecule has 1 fully saturated rings. The maximum Gasteiger partial charge on any atom is 0.248 e. The predicted octanol–water partition coefficient (Wildman–Crippen LogP) is -0.602. The Morgan fingerprint density at radius 3 is 2.58 bits per heavy atom. The lowest BCUT2D eigenvalue weighted by molar-refractivity contribution is -0.130. The molecule has 1 saturated carbocycles. The van der Waals surface area contributed by atoms with E-state index in [1.54, 1.807) is 0 Å². The van der Waals surface area contributed by atoms with E-state index in [0.717, 1.165) is 19.3 Å². The van der Waals surface area contributed by atoms with E-state index in [1.807, 2.05) is 0 Å². The van der Waals surface area contributed by atoms with Crippen molar-refractivity contribution < 1.29 is 15.0 Å². The number of hydrogen-bond donors (Lipinski definition) is 3. The van der Waals surface area contributed by atoms with Crippen LogP contribution in [-0.4, -0.2) is 34.4 Å². The summed E-state index contributed by atoms with van der Waals surface area (Å²) in [5.74, 6) is -0.421. The zero-order chi connectivity index (χ0) is 9.19. The van der Waals surface area contributed by atoms with Gasteiger partial charge in [-0.3, -0.25) is 4.79 Å². The summed E-state index contributed by atoms with van der Waals surface area (Å²) in [6.07, 6.45) is 1.51. The summed E-state index contributed by atoms with van der Waals surface area (Å²) >= 11 is 0. The Labute approximate surface area is 71.6 Å². The maximum absolute atomic E-state index is 10.9. The topological polar surface area (TPSA) is 69.6 Å². The summed E-state index contributed by atoms with van der Waals surface area (Å²) < 4.78 is 0. The van der Waals surface area contributed by atoms with Crippen molar-refractivity contribution in [2.24, 2.45) is 0 Å². The largest absolute Gasteiger partial charge is 0.388 e. The molecule has 1 rings (SSSR count). The van der Waals surface area contributed by atoms with Gasteiger partial charge in [-0.05, 0) is 26.2 Å². The highest BCUT2D eigenvalue weighted by Gasteiger charge is 2.34. The Kier molecular flexibility index (Phi) is 2.69. The number of carbonyl (C=O) groups excluding carboxylic acids is 1. The highest BCUT2D eigenvalue weighted by Crippen LogP contribution is 2.30. The first-order valence-electron chi connectivity index (χ1n) is 4.22. The zero-order valence-electron chi connectivity index (χ0n) is 7.21. The van der Waals surface area contributed by atoms with Crippen molar-refractivity contribution in [3.63, 3.8) is 0 Å². The second-order valence-corrected chi connectivity index (χ2v) is 3.47. The molecule has 1 unspecified atom stereocenters. The average molecular weight is 173 g/mol. The lowest BCUT2D eigenvalue weighted by Gasteiger charge is -2.36. The number of carbonyl (C=O) groups is 1. The van der Waals surface area contributed by atoms with Gasteiger partial charge in [-0.15, -0.1) is 0 Å². The van der Waals surface area contributed by atoms with E-state index < -0.39 is 17.6 Å².